The molecule has 0 atom stereocenters. The van der Waals surface area contributed by atoms with Crippen LogP contribution >= 0.6 is 22.6 Å². The van der Waals surface area contributed by atoms with Gasteiger partial charge in [0.25, 0.3) is 0 Å². The highest BCUT2D eigenvalue weighted by Crippen LogP contribution is 1.83. The smallest absolute Gasteiger partial charge is 0.0894 e. The van der Waals surface area contributed by atoms with Crippen molar-refractivity contribution in [1.82, 2.24) is 0 Å². The van der Waals surface area contributed by atoms with Crippen LogP contribution in [-0.2, 0) is 0 Å². The minimum Gasteiger partial charge on any atom is -0.330 e. The maximum absolute atomic E-state index is 11.1. The Morgan fingerprint density at radius 1 is 1.00 bits per heavy atom. The van der Waals surface area contributed by atoms with Crippen molar-refractivity contribution in [3.05, 3.63) is 0 Å². The molecular weight excluding hydrogens is 258 g/mol. The predicted molar refractivity (Wildman–Crippen MR) is 56.8 cm³/mol. The average Bonchev–Trinajstić information content (AvgIpc) is 2.04. The molecule has 0 radical (unpaired) electrons. The van der Waals surface area contributed by atoms with E-state index in [9.17, 15) is 4.39 Å². The molecule has 0 aromatic heterocycles. The summed E-state index contributed by atoms with van der Waals surface area (Å²) < 4.78 is 12.3. The Bertz CT molecular complexity index is 49.7. The second-order valence-electron chi connectivity index (χ2n) is 2.02. The van der Waals surface area contributed by atoms with E-state index in [2.05, 4.69) is 22.6 Å². The maximum atomic E-state index is 11.1. The highest BCUT2D eigenvalue weighted by molar-refractivity contribution is 14.1. The van der Waals surface area contributed by atoms with E-state index in [0.717, 1.165) is 19.4 Å². The van der Waals surface area contributed by atoms with Gasteiger partial charge in [-0.3, -0.25) is 4.39 Å². The Labute approximate surface area is 82.0 Å². The largest absolute Gasteiger partial charge is 0.330 e. The van der Waals surface area contributed by atoms with Crippen LogP contribution < -0.4 is 11.5 Å². The topological polar surface area (TPSA) is 52.0 Å². The van der Waals surface area contributed by atoms with Crippen LogP contribution in [0.2, 0.25) is 0 Å². The van der Waals surface area contributed by atoms with Crippen molar-refractivity contribution in [3.8, 4) is 0 Å². The van der Waals surface area contributed by atoms with Gasteiger partial charge in [-0.15, -0.1) is 0 Å². The minimum absolute atomic E-state index is 0.225. The average molecular weight is 276 g/mol. The lowest BCUT2D eigenvalue weighted by Crippen LogP contribution is -1.97. The first-order chi connectivity index (χ1) is 5.33. The summed E-state index contributed by atoms with van der Waals surface area (Å²) in [6.45, 7) is 1.23. The molecule has 0 saturated heterocycles. The molecule has 0 aromatic carbocycles. The molecular formula is C7H18FIN2. The van der Waals surface area contributed by atoms with Gasteiger partial charge in [0.15, 0.2) is 0 Å². The predicted octanol–water partition coefficient (Wildman–Crippen LogP) is 1.46. The molecule has 4 heteroatoms. The highest BCUT2D eigenvalue weighted by Gasteiger charge is 1.78. The maximum Gasteiger partial charge on any atom is 0.0894 e. The van der Waals surface area contributed by atoms with Crippen LogP contribution in [0, 0.1) is 0 Å². The lowest BCUT2D eigenvalue weighted by atomic mass is 10.3. The highest BCUT2D eigenvalue weighted by atomic mass is 127. The molecule has 0 aromatic rings. The van der Waals surface area contributed by atoms with Gasteiger partial charge in [0, 0.05) is 4.43 Å². The Balaban J connectivity index is 0. The number of nitrogens with two attached hydrogens (primary N) is 2. The first kappa shape index (κ1) is 14.1. The molecule has 2 nitrogen and oxygen atoms in total. The van der Waals surface area contributed by atoms with Crippen LogP contribution in [0.1, 0.15) is 19.3 Å². The minimum atomic E-state index is -0.225. The first-order valence-corrected chi connectivity index (χ1v) is 5.38. The summed E-state index contributed by atoms with van der Waals surface area (Å²) in [5, 5.41) is 0. The van der Waals surface area contributed by atoms with E-state index in [-0.39, 0.29) is 6.67 Å². The summed E-state index contributed by atoms with van der Waals surface area (Å²) in [7, 11) is 0. The van der Waals surface area contributed by atoms with E-state index >= 15 is 0 Å². The molecule has 0 aliphatic rings. The Morgan fingerprint density at radius 2 is 1.55 bits per heavy atom. The van der Waals surface area contributed by atoms with Crippen molar-refractivity contribution in [2.24, 2.45) is 11.5 Å². The molecule has 70 valence electrons. The zero-order chi connectivity index (χ0) is 8.95. The van der Waals surface area contributed by atoms with Gasteiger partial charge in [0.05, 0.1) is 6.67 Å². The van der Waals surface area contributed by atoms with Crippen LogP contribution in [0.25, 0.3) is 0 Å². The Kier molecular flexibility index (Phi) is 21.7. The number of rotatable bonds is 5. The lowest BCUT2D eigenvalue weighted by Gasteiger charge is -1.84. The van der Waals surface area contributed by atoms with Crippen molar-refractivity contribution in [2.75, 3.05) is 24.2 Å². The molecule has 0 spiro atoms. The molecule has 0 fully saturated rings. The Hall–Kier alpha value is 0.580. The zero-order valence-corrected chi connectivity index (χ0v) is 9.02. The number of halogens is 2. The molecule has 0 aliphatic heterocycles. The second kappa shape index (κ2) is 16.9. The summed E-state index contributed by atoms with van der Waals surface area (Å²) in [4.78, 5) is 0. The number of hydrogen-bond acceptors (Lipinski definition) is 2. The van der Waals surface area contributed by atoms with Crippen molar-refractivity contribution in [1.29, 1.82) is 0 Å². The zero-order valence-electron chi connectivity index (χ0n) is 6.86. The van der Waals surface area contributed by atoms with Gasteiger partial charge < -0.3 is 11.5 Å². The molecule has 11 heavy (non-hydrogen) atoms. The van der Waals surface area contributed by atoms with Gasteiger partial charge in [0.2, 0.25) is 0 Å². The molecule has 0 rings (SSSR count). The normalized spacial score (nSPS) is 8.73. The third-order valence-corrected chi connectivity index (χ3v) is 1.69. The number of hydrogen-bond donors (Lipinski definition) is 2. The summed E-state index contributed by atoms with van der Waals surface area (Å²) in [5.41, 5.74) is 10.2. The summed E-state index contributed by atoms with van der Waals surface area (Å²) >= 11 is 2.31. The fraction of sp³-hybridized carbons (Fsp3) is 1.00. The quantitative estimate of drug-likeness (QED) is 0.454. The van der Waals surface area contributed by atoms with Crippen LogP contribution in [0.3, 0.4) is 0 Å². The van der Waals surface area contributed by atoms with Crippen molar-refractivity contribution in [3.63, 3.8) is 0 Å². The number of alkyl halides is 2. The van der Waals surface area contributed by atoms with Crippen LogP contribution in [0.4, 0.5) is 4.39 Å². The summed E-state index contributed by atoms with van der Waals surface area (Å²) in [5.74, 6) is 0. The van der Waals surface area contributed by atoms with Gasteiger partial charge in [-0.25, -0.2) is 0 Å². The molecule has 0 aliphatic carbocycles. The van der Waals surface area contributed by atoms with Crippen molar-refractivity contribution >= 4 is 22.6 Å². The van der Waals surface area contributed by atoms with Crippen LogP contribution in [0.5, 0.6) is 0 Å². The fourth-order valence-electron chi connectivity index (χ4n) is 0.316. The van der Waals surface area contributed by atoms with Crippen molar-refractivity contribution < 1.29 is 4.39 Å². The SMILES string of the molecule is NCCCCF.NCCCI. The number of unbranched alkanes of at least 4 members (excludes halogenated alkanes) is 1. The molecule has 0 amide bonds. The first-order valence-electron chi connectivity index (χ1n) is 3.85. The van der Waals surface area contributed by atoms with E-state index in [1.165, 1.54) is 4.43 Å². The fourth-order valence-corrected chi connectivity index (χ4v) is 0.756. The van der Waals surface area contributed by atoms with Gasteiger partial charge >= 0.3 is 0 Å². The van der Waals surface area contributed by atoms with Crippen LogP contribution in [0.15, 0.2) is 0 Å². The third-order valence-electron chi connectivity index (χ3n) is 0.926. The van der Waals surface area contributed by atoms with Crippen molar-refractivity contribution in [2.45, 2.75) is 19.3 Å². The van der Waals surface area contributed by atoms with E-state index in [0.29, 0.717) is 13.0 Å². The molecule has 4 N–H and O–H groups in total. The van der Waals surface area contributed by atoms with E-state index in [1.54, 1.807) is 0 Å². The van der Waals surface area contributed by atoms with Gasteiger partial charge in [-0.1, -0.05) is 22.6 Å². The second-order valence-corrected chi connectivity index (χ2v) is 3.09. The molecule has 0 saturated carbocycles. The standard InChI is InChI=1S/C4H10FN.C3H8IN/c5-3-1-2-4-6;4-2-1-3-5/h1-4,6H2;1-3,5H2. The van der Waals surface area contributed by atoms with E-state index in [4.69, 9.17) is 11.5 Å². The van der Waals surface area contributed by atoms with E-state index < -0.39 is 0 Å². The molecule has 0 bridgehead atoms. The Morgan fingerprint density at radius 3 is 1.64 bits per heavy atom. The van der Waals surface area contributed by atoms with E-state index in [1.807, 2.05) is 0 Å². The lowest BCUT2D eigenvalue weighted by molar-refractivity contribution is 0.464. The molecule has 0 unspecified atom stereocenters. The summed E-state index contributed by atoms with van der Waals surface area (Å²) in [6.07, 6.45) is 2.59. The summed E-state index contributed by atoms with van der Waals surface area (Å²) in [6, 6.07) is 0. The van der Waals surface area contributed by atoms with Crippen LogP contribution in [-0.4, -0.2) is 24.2 Å². The van der Waals surface area contributed by atoms with Gasteiger partial charge in [-0.2, -0.15) is 0 Å². The third kappa shape index (κ3) is 25.0. The van der Waals surface area contributed by atoms with Gasteiger partial charge in [-0.05, 0) is 32.4 Å². The molecule has 0 heterocycles. The monoisotopic (exact) mass is 276 g/mol. The van der Waals surface area contributed by atoms with Gasteiger partial charge in [0.1, 0.15) is 0 Å².